The third-order valence-corrected chi connectivity index (χ3v) is 9.72. The Kier molecular flexibility index (Phi) is 9.05. The molecule has 2 saturated heterocycles. The summed E-state index contributed by atoms with van der Waals surface area (Å²) in [6, 6.07) is 13.2. The smallest absolute Gasteiger partial charge is 0.261 e. The van der Waals surface area contributed by atoms with Crippen molar-refractivity contribution in [1.82, 2.24) is 24.0 Å². The number of carbonyl (C=O) groups excluding carboxylic acids is 1. The number of benzene rings is 2. The van der Waals surface area contributed by atoms with Gasteiger partial charge in [-0.2, -0.15) is 0 Å². The summed E-state index contributed by atoms with van der Waals surface area (Å²) >= 11 is 0. The van der Waals surface area contributed by atoms with E-state index >= 15 is 0 Å². The number of halogens is 1. The van der Waals surface area contributed by atoms with Crippen molar-refractivity contribution in [3.63, 3.8) is 0 Å². The first kappa shape index (κ1) is 31.7. The van der Waals surface area contributed by atoms with Crippen LogP contribution in [0, 0.1) is 17.7 Å². The first-order valence-electron chi connectivity index (χ1n) is 16.6. The lowest BCUT2D eigenvalue weighted by molar-refractivity contribution is 0.0612. The minimum atomic E-state index is -0.509. The van der Waals surface area contributed by atoms with Crippen LogP contribution in [0.4, 0.5) is 15.9 Å². The van der Waals surface area contributed by atoms with E-state index < -0.39 is 17.2 Å². The quantitative estimate of drug-likeness (QED) is 0.222. The van der Waals surface area contributed by atoms with E-state index in [1.165, 1.54) is 18.5 Å². The van der Waals surface area contributed by atoms with Gasteiger partial charge in [-0.15, -0.1) is 0 Å². The molecule has 7 rings (SSSR count). The fourth-order valence-electron chi connectivity index (χ4n) is 6.92. The van der Waals surface area contributed by atoms with Crippen LogP contribution in [0.15, 0.2) is 78.2 Å². The first-order valence-corrected chi connectivity index (χ1v) is 16.6. The van der Waals surface area contributed by atoms with E-state index in [4.69, 9.17) is 10.5 Å². The zero-order chi connectivity index (χ0) is 33.2. The lowest BCUT2D eigenvalue weighted by atomic mass is 9.97. The number of anilines is 2. The lowest BCUT2D eigenvalue weighted by Crippen LogP contribution is -2.31. The van der Waals surface area contributed by atoms with Gasteiger partial charge in [-0.1, -0.05) is 24.3 Å². The molecular formula is C37H40FN7O3. The van der Waals surface area contributed by atoms with Crippen molar-refractivity contribution < 1.29 is 13.9 Å². The van der Waals surface area contributed by atoms with Crippen molar-refractivity contribution in [1.29, 1.82) is 0 Å². The predicted molar refractivity (Wildman–Crippen MR) is 185 cm³/mol. The summed E-state index contributed by atoms with van der Waals surface area (Å²) < 4.78 is 23.3. The highest BCUT2D eigenvalue weighted by molar-refractivity contribution is 6.05. The summed E-state index contributed by atoms with van der Waals surface area (Å²) in [6.45, 7) is 5.06. The molecule has 0 unspecified atom stereocenters. The number of likely N-dealkylation sites (tertiary alicyclic amines) is 1. The van der Waals surface area contributed by atoms with E-state index in [-0.39, 0.29) is 5.56 Å². The maximum atomic E-state index is 13.7. The molecule has 2 aliphatic heterocycles. The van der Waals surface area contributed by atoms with Crippen LogP contribution in [0.3, 0.4) is 0 Å². The van der Waals surface area contributed by atoms with Gasteiger partial charge >= 0.3 is 0 Å². The van der Waals surface area contributed by atoms with Gasteiger partial charge in [0.05, 0.1) is 5.39 Å². The van der Waals surface area contributed by atoms with Crippen molar-refractivity contribution >= 4 is 28.4 Å². The molecule has 3 N–H and O–H groups in total. The van der Waals surface area contributed by atoms with Crippen LogP contribution < -0.4 is 16.5 Å². The number of nitrogen functional groups attached to an aromatic ring is 1. The van der Waals surface area contributed by atoms with E-state index in [0.29, 0.717) is 54.2 Å². The minimum absolute atomic E-state index is 0.0230. The van der Waals surface area contributed by atoms with Crippen molar-refractivity contribution in [2.45, 2.75) is 38.8 Å². The van der Waals surface area contributed by atoms with Gasteiger partial charge in [0.1, 0.15) is 29.2 Å². The normalized spacial score (nSPS) is 16.4. The fourth-order valence-corrected chi connectivity index (χ4v) is 6.92. The van der Waals surface area contributed by atoms with Gasteiger partial charge in [0.25, 0.3) is 5.91 Å². The molecule has 0 saturated carbocycles. The summed E-state index contributed by atoms with van der Waals surface area (Å²) in [7, 11) is 2.16. The van der Waals surface area contributed by atoms with Gasteiger partial charge in [0, 0.05) is 61.7 Å². The Hall–Kier alpha value is -4.87. The zero-order valence-electron chi connectivity index (χ0n) is 27.1. The molecule has 5 heterocycles. The molecule has 2 fully saturated rings. The maximum Gasteiger partial charge on any atom is 0.261 e. The monoisotopic (exact) mass is 649 g/mol. The van der Waals surface area contributed by atoms with Crippen LogP contribution in [0.5, 0.6) is 0 Å². The highest BCUT2D eigenvalue weighted by Gasteiger charge is 2.22. The third-order valence-electron chi connectivity index (χ3n) is 9.72. The molecule has 3 aromatic heterocycles. The van der Waals surface area contributed by atoms with Crippen molar-refractivity contribution in [3.05, 3.63) is 95.1 Å². The van der Waals surface area contributed by atoms with Crippen LogP contribution >= 0.6 is 0 Å². The Labute approximate surface area is 278 Å². The maximum absolute atomic E-state index is 13.7. The fraction of sp³-hybridized carbons (Fsp3) is 0.351. The second kappa shape index (κ2) is 13.7. The average molecular weight is 650 g/mol. The molecule has 1 amide bonds. The van der Waals surface area contributed by atoms with Gasteiger partial charge in [-0.3, -0.25) is 9.59 Å². The lowest BCUT2D eigenvalue weighted by Gasteiger charge is -2.29. The van der Waals surface area contributed by atoms with Crippen molar-refractivity contribution in [2.75, 3.05) is 44.4 Å². The van der Waals surface area contributed by atoms with E-state index in [1.807, 2.05) is 28.8 Å². The predicted octanol–water partition coefficient (Wildman–Crippen LogP) is 5.67. The molecule has 0 radical (unpaired) electrons. The van der Waals surface area contributed by atoms with E-state index in [2.05, 4.69) is 38.0 Å². The number of ether oxygens (including phenoxy) is 1. The number of fused-ring (bicyclic) bond motifs is 1. The number of aromatic nitrogens is 4. The first-order chi connectivity index (χ1) is 23.3. The van der Waals surface area contributed by atoms with E-state index in [9.17, 15) is 14.0 Å². The van der Waals surface area contributed by atoms with Crippen LogP contribution in [0.1, 0.15) is 36.0 Å². The third kappa shape index (κ3) is 6.74. The number of rotatable bonds is 8. The Balaban J connectivity index is 1.15. The van der Waals surface area contributed by atoms with Crippen LogP contribution in [-0.2, 0) is 17.8 Å². The molecule has 11 heteroatoms. The largest absolute Gasteiger partial charge is 0.383 e. The molecule has 10 nitrogen and oxygen atoms in total. The van der Waals surface area contributed by atoms with Gasteiger partial charge < -0.3 is 29.8 Å². The summed E-state index contributed by atoms with van der Waals surface area (Å²) in [4.78, 5) is 38.6. The number of hydrogen-bond acceptors (Lipinski definition) is 7. The molecule has 5 aromatic rings. The minimum Gasteiger partial charge on any atom is -0.383 e. The summed E-state index contributed by atoms with van der Waals surface area (Å²) in [5.74, 6) is 0.440. The van der Waals surface area contributed by atoms with Gasteiger partial charge in [0.15, 0.2) is 0 Å². The van der Waals surface area contributed by atoms with Crippen LogP contribution in [0.2, 0.25) is 0 Å². The van der Waals surface area contributed by atoms with E-state index in [1.54, 1.807) is 24.5 Å². The second-order valence-electron chi connectivity index (χ2n) is 13.1. The SMILES string of the molecule is CN1CCC(Cn2cc(-c3ccc(NC(=O)c4cn(CC5CCOCC5)cc(-c5ccc(F)cc5)c4=O)cc3)c3c(N)ncnc32)CC1. The molecule has 0 bridgehead atoms. The second-order valence-corrected chi connectivity index (χ2v) is 13.1. The number of carbonyl (C=O) groups is 1. The number of hydrogen-bond donors (Lipinski definition) is 2. The summed E-state index contributed by atoms with van der Waals surface area (Å²) in [5, 5.41) is 3.73. The Morgan fingerprint density at radius 2 is 1.56 bits per heavy atom. The molecule has 48 heavy (non-hydrogen) atoms. The Bertz CT molecular complexity index is 1970. The highest BCUT2D eigenvalue weighted by atomic mass is 19.1. The molecular weight excluding hydrogens is 609 g/mol. The number of piperidine rings is 1. The van der Waals surface area contributed by atoms with Gasteiger partial charge in [-0.25, -0.2) is 14.4 Å². The molecule has 0 atom stereocenters. The number of nitrogens with two attached hydrogens (primary N) is 1. The molecule has 0 spiro atoms. The average Bonchev–Trinajstić information content (AvgIpc) is 3.47. The number of nitrogens with zero attached hydrogens (tertiary/aromatic N) is 5. The number of amides is 1. The summed E-state index contributed by atoms with van der Waals surface area (Å²) in [6.07, 6.45) is 11.1. The molecule has 2 aromatic carbocycles. The zero-order valence-corrected chi connectivity index (χ0v) is 27.1. The van der Waals surface area contributed by atoms with Crippen LogP contribution in [0.25, 0.3) is 33.3 Å². The Morgan fingerprint density at radius 3 is 2.29 bits per heavy atom. The molecule has 248 valence electrons. The number of nitrogens with one attached hydrogen (secondary N) is 1. The summed E-state index contributed by atoms with van der Waals surface area (Å²) in [5.41, 5.74) is 10.1. The van der Waals surface area contributed by atoms with E-state index in [0.717, 1.165) is 67.5 Å². The Morgan fingerprint density at radius 1 is 0.896 bits per heavy atom. The molecule has 0 aliphatic carbocycles. The van der Waals surface area contributed by atoms with Crippen LogP contribution in [-0.4, -0.2) is 63.3 Å². The van der Waals surface area contributed by atoms with Gasteiger partial charge in [0.2, 0.25) is 5.43 Å². The van der Waals surface area contributed by atoms with Crippen molar-refractivity contribution in [3.8, 4) is 22.3 Å². The highest BCUT2D eigenvalue weighted by Crippen LogP contribution is 2.34. The van der Waals surface area contributed by atoms with Crippen molar-refractivity contribution in [2.24, 2.45) is 11.8 Å². The molecule has 2 aliphatic rings. The van der Waals surface area contributed by atoms with Gasteiger partial charge in [-0.05, 0) is 93.0 Å². The number of pyridine rings is 1. The standard InChI is InChI=1S/C37H40FN7O3/c1-43-14-10-24(11-15-43)19-45-22-30(33-35(39)40-23-41-36(33)45)26-4-8-29(9-5-26)42-37(47)32-21-44(18-25-12-16-48-17-13-25)20-31(34(32)46)27-2-6-28(38)7-3-27/h2-9,20-25H,10-19H2,1H3,(H,42,47)(H2,39,40,41). The topological polar surface area (TPSA) is 120 Å².